The van der Waals surface area contributed by atoms with E-state index in [1.807, 2.05) is 10.6 Å². The minimum Gasteiger partial charge on any atom is -0.480 e. The summed E-state index contributed by atoms with van der Waals surface area (Å²) in [5.74, 6) is -14.0. The van der Waals surface area contributed by atoms with Crippen LogP contribution in [-0.4, -0.2) is 183 Å². The summed E-state index contributed by atoms with van der Waals surface area (Å²) < 4.78 is 11.0. The highest BCUT2D eigenvalue weighted by Gasteiger charge is 2.41. The molecule has 2 aromatic carbocycles. The van der Waals surface area contributed by atoms with Crippen molar-refractivity contribution in [3.63, 3.8) is 0 Å². The highest BCUT2D eigenvalue weighted by Crippen LogP contribution is 2.21. The molecule has 32 heteroatoms. The number of ether oxygens (including phenoxy) is 2. The maximum atomic E-state index is 14.8. The number of carbonyl (C=O) groups excluding carboxylic acids is 11. The van der Waals surface area contributed by atoms with Gasteiger partial charge in [-0.15, -0.1) is 0 Å². The van der Waals surface area contributed by atoms with Gasteiger partial charge in [-0.1, -0.05) is 109 Å². The van der Waals surface area contributed by atoms with Gasteiger partial charge < -0.3 is 100 Å². The number of aliphatic imine (C=N–C) groups is 1. The van der Waals surface area contributed by atoms with E-state index in [1.54, 1.807) is 123 Å². The fraction of sp³-hybridized carbons (Fsp3) is 0.576. The third-order valence-corrected chi connectivity index (χ3v) is 13.7. The van der Waals surface area contributed by atoms with Gasteiger partial charge in [0.25, 0.3) is 0 Å². The molecule has 20 N–H and O–H groups in total. The van der Waals surface area contributed by atoms with Crippen LogP contribution in [0.4, 0.5) is 9.59 Å². The Morgan fingerprint density at radius 2 is 1.11 bits per heavy atom. The molecule has 0 aliphatic rings. The van der Waals surface area contributed by atoms with Gasteiger partial charge in [0.05, 0.1) is 24.8 Å². The van der Waals surface area contributed by atoms with Crippen molar-refractivity contribution in [3.8, 4) is 0 Å². The Morgan fingerprint density at radius 3 is 1.64 bits per heavy atom. The Hall–Kier alpha value is -9.17. The van der Waals surface area contributed by atoms with Crippen molar-refractivity contribution in [3.05, 3.63) is 71.8 Å². The van der Waals surface area contributed by atoms with Crippen LogP contribution in [0.25, 0.3) is 0 Å². The second-order valence-electron chi connectivity index (χ2n) is 23.4. The van der Waals surface area contributed by atoms with Crippen LogP contribution in [0.5, 0.6) is 0 Å². The summed E-state index contributed by atoms with van der Waals surface area (Å²) in [4.78, 5) is 166. The van der Waals surface area contributed by atoms with Crippen molar-refractivity contribution < 1.29 is 87.4 Å². The molecule has 0 spiro atoms. The number of benzene rings is 2. The van der Waals surface area contributed by atoms with E-state index in [9.17, 15) is 78.0 Å². The number of amides is 11. The number of rotatable bonds is 36. The smallest absolute Gasteiger partial charge is 0.408 e. The number of carboxylic acids is 1. The van der Waals surface area contributed by atoms with Crippen molar-refractivity contribution in [1.82, 2.24) is 53.2 Å². The molecule has 32 nitrogen and oxygen atoms in total. The van der Waals surface area contributed by atoms with Crippen LogP contribution < -0.4 is 70.4 Å². The fourth-order valence-electron chi connectivity index (χ4n) is 8.51. The van der Waals surface area contributed by atoms with E-state index >= 15 is 0 Å². The number of aliphatic hydroxyl groups excluding tert-OH is 3. The van der Waals surface area contributed by atoms with Crippen molar-refractivity contribution >= 4 is 77.3 Å². The zero-order valence-electron chi connectivity index (χ0n) is 53.1. The Bertz CT molecular complexity index is 2820. The number of aliphatic hydroxyl groups is 3. The van der Waals surface area contributed by atoms with Crippen LogP contribution >= 0.6 is 0 Å². The minimum atomic E-state index is -2.36. The topological polar surface area (TPSA) is 515 Å². The second-order valence-corrected chi connectivity index (χ2v) is 23.4. The van der Waals surface area contributed by atoms with Crippen molar-refractivity contribution in [1.29, 1.82) is 0 Å². The minimum absolute atomic E-state index is 0.0420. The van der Waals surface area contributed by atoms with Crippen molar-refractivity contribution in [2.45, 2.75) is 187 Å². The highest BCUT2D eigenvalue weighted by molar-refractivity contribution is 5.99. The first-order valence-corrected chi connectivity index (χ1v) is 29.5. The molecule has 506 valence electrons. The summed E-state index contributed by atoms with van der Waals surface area (Å²) in [7, 11) is 0. The lowest BCUT2D eigenvalue weighted by molar-refractivity contribution is -0.143. The number of aliphatic carboxylic acids is 1. The molecule has 2 aromatic rings. The molecule has 2 rings (SSSR count). The molecule has 0 fully saturated rings. The first kappa shape index (κ1) is 77.9. The van der Waals surface area contributed by atoms with Gasteiger partial charge in [-0.3, -0.25) is 52.9 Å². The fourth-order valence-corrected chi connectivity index (χ4v) is 8.51. The maximum absolute atomic E-state index is 14.8. The van der Waals surface area contributed by atoms with E-state index in [0.29, 0.717) is 5.56 Å². The normalized spacial score (nSPS) is 15.6. The molecular formula is C59H92N14O18. The van der Waals surface area contributed by atoms with Gasteiger partial charge in [-0.05, 0) is 82.8 Å². The SMILES string of the molecule is CC[C@H](C)[C@H](NC(=O)[C@@H](CCCN=C(N)N)NC(=O)[C@H](CC(C)C)NC(=O)[C@@H](NC(=O)[C@@H](NC(=O)OCc1ccccc1)[C@H](NC(=O)OC(C)(C)C)c1ccccc1)[C@H](O)C(C)C)C(=O)N[C@H](C(=O)NCC(=O)N[C@H](C(=O)N[C@@H](C)C(=O)O)[C@H](O)C(N)=O)[C@H](C)O. The number of hydrogen-bond donors (Lipinski definition) is 17. The number of nitrogens with one attached hydrogen (secondary N) is 10. The van der Waals surface area contributed by atoms with E-state index in [-0.39, 0.29) is 56.3 Å². The molecule has 0 radical (unpaired) electrons. The first-order valence-electron chi connectivity index (χ1n) is 29.5. The Kier molecular flexibility index (Phi) is 32.3. The lowest BCUT2D eigenvalue weighted by atomic mass is 9.95. The predicted octanol–water partition coefficient (Wildman–Crippen LogP) is -2.45. The van der Waals surface area contributed by atoms with Gasteiger partial charge in [-0.2, -0.15) is 0 Å². The Morgan fingerprint density at radius 1 is 0.582 bits per heavy atom. The van der Waals surface area contributed by atoms with Crippen LogP contribution in [-0.2, 0) is 64.0 Å². The Balaban J connectivity index is 2.56. The van der Waals surface area contributed by atoms with Crippen LogP contribution in [0.2, 0.25) is 0 Å². The summed E-state index contributed by atoms with van der Waals surface area (Å²) in [5, 5.41) is 65.7. The lowest BCUT2D eigenvalue weighted by Crippen LogP contribution is -2.63. The van der Waals surface area contributed by atoms with Crippen molar-refractivity contribution in [2.75, 3.05) is 13.1 Å². The van der Waals surface area contributed by atoms with Crippen molar-refractivity contribution in [2.24, 2.45) is 39.9 Å². The molecule has 0 saturated heterocycles. The molecule has 11 amide bonds. The van der Waals surface area contributed by atoms with E-state index < -0.39 is 168 Å². The van der Waals surface area contributed by atoms with Gasteiger partial charge >= 0.3 is 18.2 Å². The molecule has 0 aliphatic carbocycles. The van der Waals surface area contributed by atoms with E-state index in [2.05, 4.69) is 47.5 Å². The average Bonchev–Trinajstić information content (AvgIpc) is 0.978. The average molecular weight is 1290 g/mol. The number of primary amides is 1. The van der Waals surface area contributed by atoms with Gasteiger partial charge in [0, 0.05) is 6.54 Å². The first-order chi connectivity index (χ1) is 42.5. The Labute approximate surface area is 527 Å². The number of nitrogens with two attached hydrogens (primary N) is 3. The highest BCUT2D eigenvalue weighted by atomic mass is 16.6. The second kappa shape index (κ2) is 37.7. The number of nitrogens with zero attached hydrogens (tertiary/aromatic N) is 1. The summed E-state index contributed by atoms with van der Waals surface area (Å²) in [6.45, 7) is 15.4. The standard InChI is InChI=1S/C59H92N14O18/c1-12-31(6)39(51(82)70-40(33(8)74)50(81)64-27-38(75)68-44(46(77)47(60)78)53(84)65-32(7)55(86)87)69-48(79)36(24-19-25-63-56(61)62)66-49(80)37(26-29(2)3)67-54(85)43(45(76)30(4)5)71-52(83)42(73-57(88)90-28-34-20-15-13-16-21-34)41(35-22-17-14-18-23-35)72-58(89)91-59(9,10)11/h13-18,20-23,29-33,36-37,39-46,74,76-77H,12,19,24-28H2,1-11H3,(H2,60,78)(H,64,81)(H,65,84)(H,66,80)(H,67,85)(H,68,75)(H,69,79)(H,70,82)(H,71,83)(H,72,89)(H,73,88)(H,86,87)(H4,61,62,63)/t31-,32-,33-,36+,37-,39-,40-,41+,42-,43-,44-,45+,46-/m0/s1. The van der Waals surface area contributed by atoms with E-state index in [4.69, 9.17) is 26.7 Å². The molecule has 0 unspecified atom stereocenters. The number of alkyl carbamates (subject to hydrolysis) is 2. The summed E-state index contributed by atoms with van der Waals surface area (Å²) in [6.07, 6.45) is -7.87. The summed E-state index contributed by atoms with van der Waals surface area (Å²) >= 11 is 0. The van der Waals surface area contributed by atoms with E-state index in [1.165, 1.54) is 0 Å². The van der Waals surface area contributed by atoms with Gasteiger partial charge in [0.1, 0.15) is 60.5 Å². The zero-order chi connectivity index (χ0) is 69.0. The molecule has 0 bridgehead atoms. The molecular weight excluding hydrogens is 1190 g/mol. The van der Waals surface area contributed by atoms with Crippen LogP contribution in [0, 0.1) is 17.8 Å². The molecule has 0 aliphatic heterocycles. The number of guanidine groups is 1. The molecule has 13 atom stereocenters. The summed E-state index contributed by atoms with van der Waals surface area (Å²) in [5.41, 5.74) is 16.1. The molecule has 0 aromatic heterocycles. The summed E-state index contributed by atoms with van der Waals surface area (Å²) in [6, 6.07) is 1.46. The molecule has 91 heavy (non-hydrogen) atoms. The maximum Gasteiger partial charge on any atom is 0.408 e. The number of carbonyl (C=O) groups is 12. The number of hydrogen-bond acceptors (Lipinski definition) is 18. The van der Waals surface area contributed by atoms with Crippen LogP contribution in [0.15, 0.2) is 65.7 Å². The molecule has 0 heterocycles. The van der Waals surface area contributed by atoms with Gasteiger partial charge in [0.2, 0.25) is 53.2 Å². The molecule has 0 saturated carbocycles. The monoisotopic (exact) mass is 1280 g/mol. The van der Waals surface area contributed by atoms with Gasteiger partial charge in [0.15, 0.2) is 12.1 Å². The quantitative estimate of drug-likeness (QED) is 0.0191. The third kappa shape index (κ3) is 27.6. The lowest BCUT2D eigenvalue weighted by Gasteiger charge is -2.33. The third-order valence-electron chi connectivity index (χ3n) is 13.7. The zero-order valence-corrected chi connectivity index (χ0v) is 53.1. The predicted molar refractivity (Wildman–Crippen MR) is 328 cm³/mol. The van der Waals surface area contributed by atoms with Crippen LogP contribution in [0.1, 0.15) is 119 Å². The van der Waals surface area contributed by atoms with Crippen LogP contribution in [0.3, 0.4) is 0 Å². The largest absolute Gasteiger partial charge is 0.480 e. The van der Waals surface area contributed by atoms with E-state index in [0.717, 1.165) is 13.8 Å². The van der Waals surface area contributed by atoms with Gasteiger partial charge in [-0.25, -0.2) is 9.59 Å². The number of carboxylic acid groups (broad SMARTS) is 1.